The normalized spacial score (nSPS) is 11.5. The molecule has 1 rings (SSSR count). The first-order valence-electron chi connectivity index (χ1n) is 4.85. The standard InChI is InChI=1S/C9H15N3O2S/c1-2-5-15(13,14)12-4-3-9-6-10-8-11-7-9/h6-8,12H,2-5H2,1H3. The topological polar surface area (TPSA) is 72.0 Å². The van der Waals surface area contributed by atoms with E-state index in [9.17, 15) is 8.42 Å². The number of nitrogens with zero attached hydrogens (tertiary/aromatic N) is 2. The maximum Gasteiger partial charge on any atom is 0.211 e. The molecular weight excluding hydrogens is 214 g/mol. The van der Waals surface area contributed by atoms with Crippen LogP contribution in [0.15, 0.2) is 18.7 Å². The van der Waals surface area contributed by atoms with Crippen molar-refractivity contribution >= 4 is 10.0 Å². The smallest absolute Gasteiger partial charge is 0.211 e. The number of hydrogen-bond acceptors (Lipinski definition) is 4. The zero-order valence-corrected chi connectivity index (χ0v) is 9.50. The molecule has 0 saturated carbocycles. The molecule has 0 atom stereocenters. The van der Waals surface area contributed by atoms with Crippen LogP contribution in [0.25, 0.3) is 0 Å². The summed E-state index contributed by atoms with van der Waals surface area (Å²) in [6.07, 6.45) is 6.06. The van der Waals surface area contributed by atoms with Crippen molar-refractivity contribution < 1.29 is 8.42 Å². The summed E-state index contributed by atoms with van der Waals surface area (Å²) < 4.78 is 25.1. The van der Waals surface area contributed by atoms with Gasteiger partial charge in [0.2, 0.25) is 10.0 Å². The molecule has 1 aromatic rings. The predicted molar refractivity (Wildman–Crippen MR) is 57.8 cm³/mol. The van der Waals surface area contributed by atoms with E-state index in [4.69, 9.17) is 0 Å². The van der Waals surface area contributed by atoms with Gasteiger partial charge in [0, 0.05) is 18.9 Å². The Kier molecular flexibility index (Phi) is 4.64. The molecule has 0 radical (unpaired) electrons. The van der Waals surface area contributed by atoms with Crippen LogP contribution < -0.4 is 4.72 Å². The van der Waals surface area contributed by atoms with E-state index in [1.807, 2.05) is 6.92 Å². The van der Waals surface area contributed by atoms with Gasteiger partial charge in [-0.2, -0.15) is 0 Å². The van der Waals surface area contributed by atoms with Crippen LogP contribution >= 0.6 is 0 Å². The molecule has 0 bridgehead atoms. The fourth-order valence-corrected chi connectivity index (χ4v) is 2.25. The number of sulfonamides is 1. The van der Waals surface area contributed by atoms with Gasteiger partial charge in [0.1, 0.15) is 6.33 Å². The van der Waals surface area contributed by atoms with E-state index < -0.39 is 10.0 Å². The van der Waals surface area contributed by atoms with Crippen LogP contribution in [0.2, 0.25) is 0 Å². The molecule has 0 unspecified atom stereocenters. The number of aromatic nitrogens is 2. The first-order chi connectivity index (χ1) is 7.14. The number of hydrogen-bond donors (Lipinski definition) is 1. The average Bonchev–Trinajstić information content (AvgIpc) is 2.19. The van der Waals surface area contributed by atoms with Crippen molar-refractivity contribution in [1.82, 2.24) is 14.7 Å². The third-order valence-corrected chi connectivity index (χ3v) is 3.41. The molecule has 5 nitrogen and oxygen atoms in total. The highest BCUT2D eigenvalue weighted by atomic mass is 32.2. The minimum absolute atomic E-state index is 0.179. The van der Waals surface area contributed by atoms with Gasteiger partial charge >= 0.3 is 0 Å². The highest BCUT2D eigenvalue weighted by Gasteiger charge is 2.06. The van der Waals surface area contributed by atoms with Crippen molar-refractivity contribution in [2.24, 2.45) is 0 Å². The minimum atomic E-state index is -3.09. The van der Waals surface area contributed by atoms with Crippen LogP contribution in [0.1, 0.15) is 18.9 Å². The number of nitrogens with one attached hydrogen (secondary N) is 1. The van der Waals surface area contributed by atoms with Gasteiger partial charge in [-0.15, -0.1) is 0 Å². The summed E-state index contributed by atoms with van der Waals surface area (Å²) in [5, 5.41) is 0. The van der Waals surface area contributed by atoms with E-state index >= 15 is 0 Å². The summed E-state index contributed by atoms with van der Waals surface area (Å²) in [5.41, 5.74) is 0.927. The molecule has 1 heterocycles. The molecule has 1 aromatic heterocycles. The van der Waals surface area contributed by atoms with Crippen LogP contribution in [-0.2, 0) is 16.4 Å². The summed E-state index contributed by atoms with van der Waals surface area (Å²) in [4.78, 5) is 7.70. The first kappa shape index (κ1) is 12.1. The molecule has 1 N–H and O–H groups in total. The van der Waals surface area contributed by atoms with Gasteiger partial charge in [0.15, 0.2) is 0 Å². The van der Waals surface area contributed by atoms with E-state index in [1.165, 1.54) is 6.33 Å². The second-order valence-corrected chi connectivity index (χ2v) is 5.14. The summed E-state index contributed by atoms with van der Waals surface area (Å²) in [5.74, 6) is 0.179. The summed E-state index contributed by atoms with van der Waals surface area (Å²) >= 11 is 0. The van der Waals surface area contributed by atoms with E-state index in [0.29, 0.717) is 19.4 Å². The van der Waals surface area contributed by atoms with Crippen molar-refractivity contribution in [1.29, 1.82) is 0 Å². The van der Waals surface area contributed by atoms with Gasteiger partial charge in [-0.25, -0.2) is 23.1 Å². The molecule has 84 valence electrons. The van der Waals surface area contributed by atoms with Crippen molar-refractivity contribution in [2.75, 3.05) is 12.3 Å². The third-order valence-electron chi connectivity index (χ3n) is 1.82. The summed E-state index contributed by atoms with van der Waals surface area (Å²) in [6, 6.07) is 0. The Morgan fingerprint density at radius 1 is 1.33 bits per heavy atom. The van der Waals surface area contributed by atoms with Gasteiger partial charge in [-0.3, -0.25) is 0 Å². The van der Waals surface area contributed by atoms with Crippen LogP contribution in [0.4, 0.5) is 0 Å². The quantitative estimate of drug-likeness (QED) is 0.764. The molecule has 15 heavy (non-hydrogen) atoms. The van der Waals surface area contributed by atoms with Crippen LogP contribution in [0.5, 0.6) is 0 Å². The van der Waals surface area contributed by atoms with Crippen molar-refractivity contribution in [2.45, 2.75) is 19.8 Å². The Morgan fingerprint density at radius 2 is 2.00 bits per heavy atom. The molecule has 0 amide bonds. The largest absolute Gasteiger partial charge is 0.245 e. The molecule has 0 fully saturated rings. The third kappa shape index (κ3) is 4.85. The monoisotopic (exact) mass is 229 g/mol. The van der Waals surface area contributed by atoms with Gasteiger partial charge in [0.25, 0.3) is 0 Å². The predicted octanol–water partition coefficient (Wildman–Crippen LogP) is 0.348. The lowest BCUT2D eigenvalue weighted by Gasteiger charge is -2.04. The SMILES string of the molecule is CCCS(=O)(=O)NCCc1cncnc1. The van der Waals surface area contributed by atoms with Crippen molar-refractivity contribution in [3.05, 3.63) is 24.3 Å². The molecule has 0 aliphatic heterocycles. The van der Waals surface area contributed by atoms with Gasteiger partial charge in [0.05, 0.1) is 5.75 Å². The Bertz CT molecular complexity index is 378. The fraction of sp³-hybridized carbons (Fsp3) is 0.556. The van der Waals surface area contributed by atoms with Crippen LogP contribution in [-0.4, -0.2) is 30.7 Å². The Balaban J connectivity index is 2.34. The van der Waals surface area contributed by atoms with Gasteiger partial charge in [-0.05, 0) is 18.4 Å². The second kappa shape index (κ2) is 5.77. The van der Waals surface area contributed by atoms with Crippen LogP contribution in [0, 0.1) is 0 Å². The van der Waals surface area contributed by atoms with Crippen molar-refractivity contribution in [3.8, 4) is 0 Å². The molecule has 0 spiro atoms. The lowest BCUT2D eigenvalue weighted by molar-refractivity contribution is 0.580. The Morgan fingerprint density at radius 3 is 2.60 bits per heavy atom. The zero-order valence-electron chi connectivity index (χ0n) is 8.68. The Hall–Kier alpha value is -1.01. The van der Waals surface area contributed by atoms with E-state index in [1.54, 1.807) is 12.4 Å². The fourth-order valence-electron chi connectivity index (χ4n) is 1.15. The zero-order chi connectivity index (χ0) is 11.1. The molecule has 0 aliphatic carbocycles. The lowest BCUT2D eigenvalue weighted by Crippen LogP contribution is -2.28. The molecule has 0 saturated heterocycles. The lowest BCUT2D eigenvalue weighted by atomic mass is 10.2. The van der Waals surface area contributed by atoms with E-state index in [-0.39, 0.29) is 5.75 Å². The maximum atomic E-state index is 11.3. The maximum absolute atomic E-state index is 11.3. The van der Waals surface area contributed by atoms with E-state index in [2.05, 4.69) is 14.7 Å². The number of rotatable bonds is 6. The summed E-state index contributed by atoms with van der Waals surface area (Å²) in [6.45, 7) is 2.24. The van der Waals surface area contributed by atoms with E-state index in [0.717, 1.165) is 5.56 Å². The molecule has 0 aromatic carbocycles. The average molecular weight is 229 g/mol. The summed E-state index contributed by atoms with van der Waals surface area (Å²) in [7, 11) is -3.09. The highest BCUT2D eigenvalue weighted by molar-refractivity contribution is 7.89. The highest BCUT2D eigenvalue weighted by Crippen LogP contribution is 1.94. The van der Waals surface area contributed by atoms with Gasteiger partial charge in [-0.1, -0.05) is 6.92 Å². The Labute approximate surface area is 90.0 Å². The molecule has 6 heteroatoms. The first-order valence-corrected chi connectivity index (χ1v) is 6.50. The van der Waals surface area contributed by atoms with Crippen LogP contribution in [0.3, 0.4) is 0 Å². The van der Waals surface area contributed by atoms with Crippen molar-refractivity contribution in [3.63, 3.8) is 0 Å². The minimum Gasteiger partial charge on any atom is -0.245 e. The molecule has 0 aliphatic rings. The second-order valence-electron chi connectivity index (χ2n) is 3.21. The molecular formula is C9H15N3O2S. The van der Waals surface area contributed by atoms with Gasteiger partial charge < -0.3 is 0 Å².